The van der Waals surface area contributed by atoms with Gasteiger partial charge in [0, 0.05) is 10.4 Å². The lowest BCUT2D eigenvalue weighted by atomic mass is 10.0. The van der Waals surface area contributed by atoms with Crippen LogP contribution in [-0.2, 0) is 20.7 Å². The maximum Gasteiger partial charge on any atom is 0.264 e. The monoisotopic (exact) mass is 304 g/mol. The van der Waals surface area contributed by atoms with Crippen LogP contribution in [0.4, 0.5) is 0 Å². The summed E-state index contributed by atoms with van der Waals surface area (Å²) in [5.74, 6) is 0.197. The molecule has 1 atom stereocenters. The number of hydrogen-bond donors (Lipinski definition) is 0. The lowest BCUT2D eigenvalue weighted by Gasteiger charge is -2.11. The molecule has 0 radical (unpaired) electrons. The van der Waals surface area contributed by atoms with Crippen molar-refractivity contribution in [3.8, 4) is 0 Å². The molecule has 1 aliphatic carbocycles. The molecule has 0 bridgehead atoms. The minimum absolute atomic E-state index is 0.197. The van der Waals surface area contributed by atoms with Crippen molar-refractivity contribution in [1.29, 1.82) is 0 Å². The SMILES string of the molecule is CS(=O)(=O)OCC1CCc2ccc(Br)cc21. The first-order valence-electron chi connectivity index (χ1n) is 5.08. The van der Waals surface area contributed by atoms with E-state index in [-0.39, 0.29) is 12.5 Å². The third-order valence-corrected chi connectivity index (χ3v) is 3.85. The fraction of sp³-hybridized carbons (Fsp3) is 0.455. The highest BCUT2D eigenvalue weighted by Crippen LogP contribution is 2.35. The van der Waals surface area contributed by atoms with E-state index < -0.39 is 10.1 Å². The standard InChI is InChI=1S/C11H13BrO3S/c1-16(13,14)15-7-9-3-2-8-4-5-10(12)6-11(8)9/h4-6,9H,2-3,7H2,1H3. The molecule has 0 amide bonds. The van der Waals surface area contributed by atoms with Gasteiger partial charge in [0.15, 0.2) is 0 Å². The molecule has 0 N–H and O–H groups in total. The van der Waals surface area contributed by atoms with Crippen LogP contribution in [0.5, 0.6) is 0 Å². The molecule has 16 heavy (non-hydrogen) atoms. The van der Waals surface area contributed by atoms with E-state index >= 15 is 0 Å². The second-order valence-electron chi connectivity index (χ2n) is 4.07. The molecule has 1 aromatic rings. The number of benzene rings is 1. The smallest absolute Gasteiger partial charge is 0.264 e. The van der Waals surface area contributed by atoms with E-state index in [1.807, 2.05) is 6.07 Å². The average molecular weight is 305 g/mol. The number of halogens is 1. The zero-order valence-corrected chi connectivity index (χ0v) is 11.3. The normalized spacial score (nSPS) is 19.8. The lowest BCUT2D eigenvalue weighted by Crippen LogP contribution is -2.10. The summed E-state index contributed by atoms with van der Waals surface area (Å²) in [6.45, 7) is 0.252. The molecule has 2 rings (SSSR count). The second kappa shape index (κ2) is 4.47. The molecule has 1 unspecified atom stereocenters. The van der Waals surface area contributed by atoms with Gasteiger partial charge in [0.05, 0.1) is 12.9 Å². The number of aryl methyl sites for hydroxylation is 1. The first kappa shape index (κ1) is 12.1. The lowest BCUT2D eigenvalue weighted by molar-refractivity contribution is 0.294. The van der Waals surface area contributed by atoms with Crippen molar-refractivity contribution in [1.82, 2.24) is 0 Å². The van der Waals surface area contributed by atoms with Gasteiger partial charge in [0.1, 0.15) is 0 Å². The predicted octanol–water partition coefficient (Wildman–Crippen LogP) is 2.46. The summed E-state index contributed by atoms with van der Waals surface area (Å²) in [5.41, 5.74) is 2.50. The Morgan fingerprint density at radius 1 is 1.50 bits per heavy atom. The average Bonchev–Trinajstić information content (AvgIpc) is 2.56. The topological polar surface area (TPSA) is 43.4 Å². The molecular formula is C11H13BrO3S. The molecule has 1 aliphatic rings. The highest BCUT2D eigenvalue weighted by Gasteiger charge is 2.23. The van der Waals surface area contributed by atoms with Gasteiger partial charge in [-0.1, -0.05) is 22.0 Å². The van der Waals surface area contributed by atoms with Crippen molar-refractivity contribution in [2.75, 3.05) is 12.9 Å². The van der Waals surface area contributed by atoms with Crippen molar-refractivity contribution in [3.05, 3.63) is 33.8 Å². The van der Waals surface area contributed by atoms with E-state index in [4.69, 9.17) is 4.18 Å². The number of hydrogen-bond acceptors (Lipinski definition) is 3. The van der Waals surface area contributed by atoms with E-state index in [0.29, 0.717) is 0 Å². The Kier molecular flexibility index (Phi) is 3.37. The largest absolute Gasteiger partial charge is 0.270 e. The van der Waals surface area contributed by atoms with Crippen LogP contribution in [-0.4, -0.2) is 21.3 Å². The summed E-state index contributed by atoms with van der Waals surface area (Å²) in [7, 11) is -3.34. The Hall–Kier alpha value is -0.390. The van der Waals surface area contributed by atoms with Crippen molar-refractivity contribution < 1.29 is 12.6 Å². The third-order valence-electron chi connectivity index (χ3n) is 2.79. The van der Waals surface area contributed by atoms with Crippen molar-refractivity contribution in [2.24, 2.45) is 0 Å². The summed E-state index contributed by atoms with van der Waals surface area (Å²) >= 11 is 3.42. The highest BCUT2D eigenvalue weighted by atomic mass is 79.9. The Morgan fingerprint density at radius 2 is 2.25 bits per heavy atom. The maximum absolute atomic E-state index is 10.9. The van der Waals surface area contributed by atoms with Gasteiger partial charge in [-0.3, -0.25) is 4.18 Å². The molecule has 0 heterocycles. The Morgan fingerprint density at radius 3 is 2.94 bits per heavy atom. The summed E-state index contributed by atoms with van der Waals surface area (Å²) < 4.78 is 27.8. The first-order chi connectivity index (χ1) is 7.46. The van der Waals surface area contributed by atoms with Crippen LogP contribution in [0.2, 0.25) is 0 Å². The van der Waals surface area contributed by atoms with Gasteiger partial charge < -0.3 is 0 Å². The van der Waals surface area contributed by atoms with E-state index in [2.05, 4.69) is 28.1 Å². The maximum atomic E-state index is 10.9. The fourth-order valence-electron chi connectivity index (χ4n) is 2.04. The quantitative estimate of drug-likeness (QED) is 0.806. The summed E-state index contributed by atoms with van der Waals surface area (Å²) in [5, 5.41) is 0. The highest BCUT2D eigenvalue weighted by molar-refractivity contribution is 9.10. The van der Waals surface area contributed by atoms with Crippen LogP contribution in [0.1, 0.15) is 23.5 Å². The van der Waals surface area contributed by atoms with Crippen LogP contribution in [0.3, 0.4) is 0 Å². The van der Waals surface area contributed by atoms with Gasteiger partial charge in [-0.05, 0) is 36.1 Å². The zero-order valence-electron chi connectivity index (χ0n) is 8.94. The van der Waals surface area contributed by atoms with Crippen LogP contribution in [0.15, 0.2) is 22.7 Å². The summed E-state index contributed by atoms with van der Waals surface area (Å²) in [4.78, 5) is 0. The molecule has 0 saturated heterocycles. The Labute approximate surface area is 104 Å². The minimum Gasteiger partial charge on any atom is -0.270 e. The van der Waals surface area contributed by atoms with Crippen molar-refractivity contribution in [3.63, 3.8) is 0 Å². The molecule has 0 aromatic heterocycles. The zero-order chi connectivity index (χ0) is 11.8. The Bertz CT molecular complexity index is 496. The number of rotatable bonds is 3. The fourth-order valence-corrected chi connectivity index (χ4v) is 2.83. The van der Waals surface area contributed by atoms with E-state index in [1.165, 1.54) is 11.1 Å². The summed E-state index contributed by atoms with van der Waals surface area (Å²) in [6, 6.07) is 6.15. The van der Waals surface area contributed by atoms with Gasteiger partial charge >= 0.3 is 0 Å². The first-order valence-corrected chi connectivity index (χ1v) is 7.69. The van der Waals surface area contributed by atoms with Crippen LogP contribution >= 0.6 is 15.9 Å². The molecule has 5 heteroatoms. The third kappa shape index (κ3) is 2.84. The molecule has 0 saturated carbocycles. The summed E-state index contributed by atoms with van der Waals surface area (Å²) in [6.07, 6.45) is 3.05. The van der Waals surface area contributed by atoms with Gasteiger partial charge in [0.25, 0.3) is 10.1 Å². The minimum atomic E-state index is -3.34. The number of fused-ring (bicyclic) bond motifs is 1. The molecule has 0 spiro atoms. The molecule has 0 fully saturated rings. The van der Waals surface area contributed by atoms with E-state index in [9.17, 15) is 8.42 Å². The Balaban J connectivity index is 2.14. The molecular weight excluding hydrogens is 292 g/mol. The van der Waals surface area contributed by atoms with Crippen LogP contribution < -0.4 is 0 Å². The van der Waals surface area contributed by atoms with Crippen LogP contribution in [0, 0.1) is 0 Å². The molecule has 1 aromatic carbocycles. The van der Waals surface area contributed by atoms with Crippen molar-refractivity contribution >= 4 is 26.0 Å². The van der Waals surface area contributed by atoms with Gasteiger partial charge in [-0.15, -0.1) is 0 Å². The molecule has 3 nitrogen and oxygen atoms in total. The van der Waals surface area contributed by atoms with E-state index in [1.54, 1.807) is 0 Å². The molecule has 0 aliphatic heterocycles. The molecule has 88 valence electrons. The van der Waals surface area contributed by atoms with E-state index in [0.717, 1.165) is 23.6 Å². The second-order valence-corrected chi connectivity index (χ2v) is 6.63. The van der Waals surface area contributed by atoms with Gasteiger partial charge in [0.2, 0.25) is 0 Å². The predicted molar refractivity (Wildman–Crippen MR) is 66.0 cm³/mol. The van der Waals surface area contributed by atoms with Gasteiger partial charge in [-0.25, -0.2) is 0 Å². The van der Waals surface area contributed by atoms with Crippen LogP contribution in [0.25, 0.3) is 0 Å². The van der Waals surface area contributed by atoms with Gasteiger partial charge in [-0.2, -0.15) is 8.42 Å². The van der Waals surface area contributed by atoms with Crippen molar-refractivity contribution in [2.45, 2.75) is 18.8 Å².